The predicted octanol–water partition coefficient (Wildman–Crippen LogP) is 4.71. The molecule has 0 aliphatic carbocycles. The molecule has 2 aliphatic rings. The molecule has 12 nitrogen and oxygen atoms in total. The first-order valence-electron chi connectivity index (χ1n) is 14.0. The number of carbonyl (C=O) groups excluding carboxylic acids is 3. The maximum atomic E-state index is 12.9. The third kappa shape index (κ3) is 6.55. The summed E-state index contributed by atoms with van der Waals surface area (Å²) < 4.78 is 10.7. The number of carbonyl (C=O) groups is 3. The van der Waals surface area contributed by atoms with Crippen LogP contribution in [-0.2, 0) is 19.7 Å². The smallest absolute Gasteiger partial charge is 0.324 e. The van der Waals surface area contributed by atoms with Crippen LogP contribution >= 0.6 is 0 Å². The van der Waals surface area contributed by atoms with Crippen LogP contribution in [0.25, 0.3) is 11.6 Å². The molecule has 2 aromatic heterocycles. The second kappa shape index (κ2) is 11.8. The standard InChI is InChI=1S/C30H37N7O5/c1-17-22(31-18(2)27(17)35-26(38)8-9-37-10-12-41-13-11-37)15-21-20-7-6-19(14-23(20)33-28(21)39)32-29(40)34-25-16-24(42-36-25)30(3,4)5/h6-7,14-16,31H,8-13H2,1-5H3,(H,33,39)(H,35,38)(H2,32,34,36,40)/b21-15-. The van der Waals surface area contributed by atoms with E-state index in [1.54, 1.807) is 30.3 Å². The van der Waals surface area contributed by atoms with Crippen molar-refractivity contribution in [2.24, 2.45) is 0 Å². The molecule has 4 heterocycles. The van der Waals surface area contributed by atoms with E-state index in [-0.39, 0.29) is 17.2 Å². The highest BCUT2D eigenvalue weighted by atomic mass is 16.5. The molecule has 0 spiro atoms. The fraction of sp³-hybridized carbons (Fsp3) is 0.400. The lowest BCUT2D eigenvalue weighted by molar-refractivity contribution is -0.116. The number of rotatable bonds is 7. The number of fused-ring (bicyclic) bond motifs is 1. The number of H-pyrrole nitrogens is 1. The van der Waals surface area contributed by atoms with Gasteiger partial charge in [-0.15, -0.1) is 0 Å². The minimum Gasteiger partial charge on any atom is -0.379 e. The van der Waals surface area contributed by atoms with Gasteiger partial charge < -0.3 is 30.2 Å². The number of ether oxygens (including phenoxy) is 1. The Hall–Kier alpha value is -4.42. The van der Waals surface area contributed by atoms with Gasteiger partial charge in [0.15, 0.2) is 5.82 Å². The number of nitrogens with zero attached hydrogens (tertiary/aromatic N) is 2. The molecule has 1 saturated heterocycles. The maximum absolute atomic E-state index is 12.9. The van der Waals surface area contributed by atoms with Gasteiger partial charge in [0.2, 0.25) is 5.91 Å². The monoisotopic (exact) mass is 575 g/mol. The van der Waals surface area contributed by atoms with E-state index in [0.717, 1.165) is 35.7 Å². The quantitative estimate of drug-likeness (QED) is 0.256. The first-order chi connectivity index (χ1) is 20.0. The van der Waals surface area contributed by atoms with Crippen molar-refractivity contribution in [1.29, 1.82) is 0 Å². The number of morpholine rings is 1. The van der Waals surface area contributed by atoms with Crippen LogP contribution in [0.15, 0.2) is 28.8 Å². The number of aryl methyl sites for hydroxylation is 1. The SMILES string of the molecule is Cc1[nH]c(/C=C2\C(=O)Nc3cc(NC(=O)Nc4cc(C(C)(C)C)on4)ccc32)c(C)c1NC(=O)CCN1CCOCC1. The molecule has 0 unspecified atom stereocenters. The van der Waals surface area contributed by atoms with Crippen molar-refractivity contribution < 1.29 is 23.6 Å². The lowest BCUT2D eigenvalue weighted by atomic mass is 9.93. The highest BCUT2D eigenvalue weighted by molar-refractivity contribution is 6.35. The fourth-order valence-corrected chi connectivity index (χ4v) is 4.92. The fourth-order valence-electron chi connectivity index (χ4n) is 4.92. The van der Waals surface area contributed by atoms with Crippen LogP contribution in [0.1, 0.15) is 55.5 Å². The third-order valence-electron chi connectivity index (χ3n) is 7.34. The van der Waals surface area contributed by atoms with Gasteiger partial charge in [-0.1, -0.05) is 32.0 Å². The summed E-state index contributed by atoms with van der Waals surface area (Å²) in [4.78, 5) is 43.6. The van der Waals surface area contributed by atoms with E-state index in [0.29, 0.717) is 60.3 Å². The van der Waals surface area contributed by atoms with Crippen molar-refractivity contribution in [1.82, 2.24) is 15.0 Å². The van der Waals surface area contributed by atoms with Crippen LogP contribution in [0.2, 0.25) is 0 Å². The summed E-state index contributed by atoms with van der Waals surface area (Å²) in [6, 6.07) is 6.40. The van der Waals surface area contributed by atoms with Crippen molar-refractivity contribution in [3.8, 4) is 0 Å². The highest BCUT2D eigenvalue weighted by Crippen LogP contribution is 2.36. The van der Waals surface area contributed by atoms with E-state index in [9.17, 15) is 14.4 Å². The molecule has 2 aliphatic heterocycles. The average Bonchev–Trinajstić information content (AvgIpc) is 3.60. The number of nitrogens with one attached hydrogen (secondary N) is 5. The van der Waals surface area contributed by atoms with Crippen LogP contribution < -0.4 is 21.3 Å². The third-order valence-corrected chi connectivity index (χ3v) is 7.34. The van der Waals surface area contributed by atoms with E-state index in [2.05, 4.69) is 36.3 Å². The van der Waals surface area contributed by atoms with Crippen molar-refractivity contribution in [3.05, 3.63) is 52.5 Å². The molecule has 0 bridgehead atoms. The number of aromatic amines is 1. The maximum Gasteiger partial charge on any atom is 0.324 e. The molecule has 222 valence electrons. The Labute approximate surface area is 244 Å². The van der Waals surface area contributed by atoms with Gasteiger partial charge in [0.05, 0.1) is 30.2 Å². The van der Waals surface area contributed by atoms with Gasteiger partial charge in [0.25, 0.3) is 5.91 Å². The predicted molar refractivity (Wildman–Crippen MR) is 162 cm³/mol. The molecule has 5 rings (SSSR count). The van der Waals surface area contributed by atoms with Gasteiger partial charge in [-0.3, -0.25) is 19.8 Å². The number of hydrogen-bond donors (Lipinski definition) is 5. The summed E-state index contributed by atoms with van der Waals surface area (Å²) in [5.74, 6) is 0.647. The molecule has 0 atom stereocenters. The van der Waals surface area contributed by atoms with E-state index >= 15 is 0 Å². The van der Waals surface area contributed by atoms with Crippen molar-refractivity contribution in [2.75, 3.05) is 54.1 Å². The second-order valence-electron chi connectivity index (χ2n) is 11.6. The average molecular weight is 576 g/mol. The molecular weight excluding hydrogens is 538 g/mol. The summed E-state index contributed by atoms with van der Waals surface area (Å²) in [6.45, 7) is 13.5. The Morgan fingerprint density at radius 3 is 2.57 bits per heavy atom. The normalized spacial score (nSPS) is 16.3. The zero-order chi connectivity index (χ0) is 30.0. The molecular formula is C30H37N7O5. The topological polar surface area (TPSA) is 154 Å². The van der Waals surface area contributed by atoms with Gasteiger partial charge >= 0.3 is 6.03 Å². The van der Waals surface area contributed by atoms with Crippen LogP contribution in [0.3, 0.4) is 0 Å². The van der Waals surface area contributed by atoms with Crippen molar-refractivity contribution in [2.45, 2.75) is 46.5 Å². The Balaban J connectivity index is 1.25. The summed E-state index contributed by atoms with van der Waals surface area (Å²) in [6.07, 6.45) is 2.17. The van der Waals surface area contributed by atoms with Gasteiger partial charge in [-0.25, -0.2) is 4.79 Å². The highest BCUT2D eigenvalue weighted by Gasteiger charge is 2.26. The molecule has 5 N–H and O–H groups in total. The summed E-state index contributed by atoms with van der Waals surface area (Å²) in [7, 11) is 0. The molecule has 3 aromatic rings. The Kier molecular flexibility index (Phi) is 8.19. The Bertz CT molecular complexity index is 1540. The van der Waals surface area contributed by atoms with Gasteiger partial charge in [0, 0.05) is 60.2 Å². The Morgan fingerprint density at radius 1 is 1.10 bits per heavy atom. The van der Waals surface area contributed by atoms with Crippen LogP contribution in [-0.4, -0.2) is 65.7 Å². The zero-order valence-corrected chi connectivity index (χ0v) is 24.6. The molecule has 0 saturated carbocycles. The minimum absolute atomic E-state index is 0.0582. The number of urea groups is 1. The van der Waals surface area contributed by atoms with Crippen LogP contribution in [0, 0.1) is 13.8 Å². The lowest BCUT2D eigenvalue weighted by Gasteiger charge is -2.26. The van der Waals surface area contributed by atoms with E-state index < -0.39 is 6.03 Å². The summed E-state index contributed by atoms with van der Waals surface area (Å²) in [5, 5.41) is 15.2. The van der Waals surface area contributed by atoms with Crippen molar-refractivity contribution >= 4 is 52.4 Å². The molecule has 12 heteroatoms. The van der Waals surface area contributed by atoms with E-state index in [1.165, 1.54) is 0 Å². The van der Waals surface area contributed by atoms with Crippen molar-refractivity contribution in [3.63, 3.8) is 0 Å². The number of amides is 4. The first-order valence-corrected chi connectivity index (χ1v) is 14.0. The number of hydrogen-bond acceptors (Lipinski definition) is 7. The van der Waals surface area contributed by atoms with Gasteiger partial charge in [0.1, 0.15) is 5.76 Å². The molecule has 1 aromatic carbocycles. The van der Waals surface area contributed by atoms with Gasteiger partial charge in [-0.05, 0) is 37.6 Å². The molecule has 42 heavy (non-hydrogen) atoms. The minimum atomic E-state index is -0.485. The summed E-state index contributed by atoms with van der Waals surface area (Å²) >= 11 is 0. The van der Waals surface area contributed by atoms with E-state index in [4.69, 9.17) is 9.26 Å². The molecule has 4 amide bonds. The van der Waals surface area contributed by atoms with Gasteiger partial charge in [-0.2, -0.15) is 0 Å². The summed E-state index contributed by atoms with van der Waals surface area (Å²) in [5.41, 5.74) is 5.15. The number of aromatic nitrogens is 2. The molecule has 1 fully saturated rings. The van der Waals surface area contributed by atoms with Crippen LogP contribution in [0.4, 0.5) is 27.7 Å². The largest absolute Gasteiger partial charge is 0.379 e. The van der Waals surface area contributed by atoms with Crippen LogP contribution in [0.5, 0.6) is 0 Å². The Morgan fingerprint density at radius 2 is 1.86 bits per heavy atom. The zero-order valence-electron chi connectivity index (χ0n) is 24.6. The lowest BCUT2D eigenvalue weighted by Crippen LogP contribution is -2.38. The van der Waals surface area contributed by atoms with E-state index in [1.807, 2.05) is 34.6 Å². The molecule has 0 radical (unpaired) electrons. The number of anilines is 4. The second-order valence-corrected chi connectivity index (χ2v) is 11.6. The first kappa shape index (κ1) is 29.1. The number of benzene rings is 1.